The van der Waals surface area contributed by atoms with Crippen molar-refractivity contribution in [3.8, 4) is 11.1 Å². The van der Waals surface area contributed by atoms with E-state index in [4.69, 9.17) is 0 Å². The lowest BCUT2D eigenvalue weighted by Crippen LogP contribution is -2.45. The molecule has 2 aliphatic heterocycles. The number of benzene rings is 2. The van der Waals surface area contributed by atoms with Gasteiger partial charge in [-0.25, -0.2) is 13.8 Å². The first-order chi connectivity index (χ1) is 14.6. The standard InChI is InChI=1S/C22H18F2N6/c1-12(30-22-20-21(27-10-26-20)28-11-29-22)17-5-4-13-3-2-6-25-19(13)18(17)14-7-15(23)9-16(24)8-14/h2-12,20,22,30H,1H3,(H,26,27,28,29). The average Bonchev–Trinajstić information content (AvgIpc) is 3.22. The number of halogens is 2. The monoisotopic (exact) mass is 404 g/mol. The number of hydrogen-bond donors (Lipinski definition) is 2. The molecule has 0 saturated heterocycles. The molecule has 0 spiro atoms. The normalized spacial score (nSPS) is 20.7. The molecule has 5 rings (SSSR count). The minimum Gasteiger partial charge on any atom is -0.333 e. The highest BCUT2D eigenvalue weighted by Gasteiger charge is 2.31. The maximum absolute atomic E-state index is 14.0. The van der Waals surface area contributed by atoms with E-state index in [1.807, 2.05) is 31.2 Å². The van der Waals surface area contributed by atoms with E-state index in [0.29, 0.717) is 16.6 Å². The molecule has 3 heterocycles. The SMILES string of the molecule is CC(NC1N=CN=C2NC=NC21)c1ccc2cccnc2c1-c1cc(F)cc(F)c1. The molecular weight excluding hydrogens is 386 g/mol. The Labute approximate surface area is 171 Å². The highest BCUT2D eigenvalue weighted by molar-refractivity contribution is 6.05. The third-order valence-electron chi connectivity index (χ3n) is 5.30. The Balaban J connectivity index is 1.59. The van der Waals surface area contributed by atoms with Crippen molar-refractivity contribution in [3.63, 3.8) is 0 Å². The van der Waals surface area contributed by atoms with Crippen LogP contribution < -0.4 is 10.6 Å². The van der Waals surface area contributed by atoms with Crippen LogP contribution in [0.3, 0.4) is 0 Å². The molecule has 0 saturated carbocycles. The largest absolute Gasteiger partial charge is 0.333 e. The lowest BCUT2D eigenvalue weighted by Gasteiger charge is -2.27. The van der Waals surface area contributed by atoms with Crippen molar-refractivity contribution in [2.75, 3.05) is 0 Å². The number of pyridine rings is 1. The van der Waals surface area contributed by atoms with E-state index >= 15 is 0 Å². The van der Waals surface area contributed by atoms with E-state index < -0.39 is 11.6 Å². The van der Waals surface area contributed by atoms with Crippen molar-refractivity contribution >= 4 is 29.4 Å². The lowest BCUT2D eigenvalue weighted by molar-refractivity contribution is 0.447. The Morgan fingerprint density at radius 1 is 1.07 bits per heavy atom. The van der Waals surface area contributed by atoms with Gasteiger partial charge in [0.25, 0.3) is 0 Å². The van der Waals surface area contributed by atoms with Crippen molar-refractivity contribution < 1.29 is 8.78 Å². The summed E-state index contributed by atoms with van der Waals surface area (Å²) >= 11 is 0. The summed E-state index contributed by atoms with van der Waals surface area (Å²) in [4.78, 5) is 17.5. The van der Waals surface area contributed by atoms with Gasteiger partial charge >= 0.3 is 0 Å². The summed E-state index contributed by atoms with van der Waals surface area (Å²) in [6.07, 6.45) is 4.48. The molecule has 6 nitrogen and oxygen atoms in total. The van der Waals surface area contributed by atoms with Crippen molar-refractivity contribution in [2.45, 2.75) is 25.2 Å². The molecule has 3 atom stereocenters. The number of hydrogen-bond acceptors (Lipinski definition) is 6. The van der Waals surface area contributed by atoms with E-state index in [2.05, 4.69) is 30.6 Å². The van der Waals surface area contributed by atoms with Crippen molar-refractivity contribution in [3.05, 3.63) is 65.9 Å². The van der Waals surface area contributed by atoms with E-state index in [1.54, 1.807) is 12.5 Å². The zero-order valence-corrected chi connectivity index (χ0v) is 16.1. The highest BCUT2D eigenvalue weighted by atomic mass is 19.1. The molecule has 0 bridgehead atoms. The van der Waals surface area contributed by atoms with Gasteiger partial charge in [-0.2, -0.15) is 0 Å². The zero-order chi connectivity index (χ0) is 20.7. The van der Waals surface area contributed by atoms with Gasteiger partial charge in [0.05, 0.1) is 11.9 Å². The number of rotatable bonds is 4. The second-order valence-electron chi connectivity index (χ2n) is 7.24. The maximum Gasteiger partial charge on any atom is 0.145 e. The first-order valence-corrected chi connectivity index (χ1v) is 9.58. The van der Waals surface area contributed by atoms with E-state index in [1.165, 1.54) is 18.5 Å². The third-order valence-corrected chi connectivity index (χ3v) is 5.30. The van der Waals surface area contributed by atoms with Crippen LogP contribution in [0, 0.1) is 11.6 Å². The summed E-state index contributed by atoms with van der Waals surface area (Å²) in [5.74, 6) is -0.524. The molecular formula is C22H18F2N6. The summed E-state index contributed by atoms with van der Waals surface area (Å²) in [7, 11) is 0. The number of amidine groups is 1. The van der Waals surface area contributed by atoms with Gasteiger partial charge in [0.2, 0.25) is 0 Å². The van der Waals surface area contributed by atoms with Gasteiger partial charge in [0, 0.05) is 29.3 Å². The average molecular weight is 404 g/mol. The molecule has 1 aromatic heterocycles. The fourth-order valence-electron chi connectivity index (χ4n) is 3.94. The second-order valence-corrected chi connectivity index (χ2v) is 7.24. The van der Waals surface area contributed by atoms with Gasteiger partial charge < -0.3 is 5.32 Å². The van der Waals surface area contributed by atoms with Crippen LogP contribution in [0.25, 0.3) is 22.0 Å². The van der Waals surface area contributed by atoms with Crippen molar-refractivity contribution in [2.24, 2.45) is 15.0 Å². The summed E-state index contributed by atoms with van der Waals surface area (Å²) in [6.45, 7) is 1.98. The topological polar surface area (TPSA) is 74.0 Å². The molecule has 150 valence electrons. The van der Waals surface area contributed by atoms with Crippen LogP contribution in [0.5, 0.6) is 0 Å². The highest BCUT2D eigenvalue weighted by Crippen LogP contribution is 2.35. The molecule has 3 unspecified atom stereocenters. The molecule has 0 radical (unpaired) electrons. The maximum atomic E-state index is 14.0. The fraction of sp³-hybridized carbons (Fsp3) is 0.182. The number of aliphatic imine (C=N–C) groups is 3. The summed E-state index contributed by atoms with van der Waals surface area (Å²) in [6, 6.07) is 10.8. The fourth-order valence-corrected chi connectivity index (χ4v) is 3.94. The number of fused-ring (bicyclic) bond motifs is 2. The molecule has 0 aliphatic carbocycles. The zero-order valence-electron chi connectivity index (χ0n) is 16.1. The third kappa shape index (κ3) is 3.25. The predicted octanol–water partition coefficient (Wildman–Crippen LogP) is 3.60. The molecule has 8 heteroatoms. The molecule has 2 N–H and O–H groups in total. The Bertz CT molecular complexity index is 1200. The first kappa shape index (κ1) is 18.5. The quantitative estimate of drug-likeness (QED) is 0.698. The van der Waals surface area contributed by atoms with Crippen LogP contribution in [0.4, 0.5) is 8.78 Å². The Hall–Kier alpha value is -3.52. The van der Waals surface area contributed by atoms with Crippen LogP contribution in [-0.2, 0) is 0 Å². The number of nitrogens with zero attached hydrogens (tertiary/aromatic N) is 4. The smallest absolute Gasteiger partial charge is 0.145 e. The summed E-state index contributed by atoms with van der Waals surface area (Å²) < 4.78 is 28.1. The van der Waals surface area contributed by atoms with E-state index in [0.717, 1.165) is 22.9 Å². The van der Waals surface area contributed by atoms with Crippen LogP contribution in [0.15, 0.2) is 63.6 Å². The minimum absolute atomic E-state index is 0.199. The van der Waals surface area contributed by atoms with Crippen molar-refractivity contribution in [1.29, 1.82) is 0 Å². The minimum atomic E-state index is -0.631. The van der Waals surface area contributed by atoms with Crippen LogP contribution >= 0.6 is 0 Å². The molecule has 2 aliphatic rings. The molecule has 3 aromatic rings. The van der Waals surface area contributed by atoms with Crippen molar-refractivity contribution in [1.82, 2.24) is 15.6 Å². The Morgan fingerprint density at radius 2 is 1.90 bits per heavy atom. The van der Waals surface area contributed by atoms with Gasteiger partial charge in [-0.1, -0.05) is 18.2 Å². The Morgan fingerprint density at radius 3 is 2.73 bits per heavy atom. The van der Waals surface area contributed by atoms with Crippen LogP contribution in [0.2, 0.25) is 0 Å². The van der Waals surface area contributed by atoms with E-state index in [-0.39, 0.29) is 18.2 Å². The van der Waals surface area contributed by atoms with E-state index in [9.17, 15) is 8.78 Å². The lowest BCUT2D eigenvalue weighted by atomic mass is 9.92. The molecule has 0 fully saturated rings. The van der Waals surface area contributed by atoms with Gasteiger partial charge in [0.15, 0.2) is 0 Å². The summed E-state index contributed by atoms with van der Waals surface area (Å²) in [5, 5.41) is 7.36. The van der Waals surface area contributed by atoms with Gasteiger partial charge in [-0.3, -0.25) is 20.3 Å². The second kappa shape index (κ2) is 7.38. The predicted molar refractivity (Wildman–Crippen MR) is 114 cm³/mol. The molecule has 2 aromatic carbocycles. The van der Waals surface area contributed by atoms with Gasteiger partial charge in [-0.05, 0) is 36.2 Å². The van der Waals surface area contributed by atoms with Gasteiger partial charge in [0.1, 0.15) is 36.0 Å². The summed E-state index contributed by atoms with van der Waals surface area (Å²) in [5.41, 5.74) is 2.67. The number of aromatic nitrogens is 1. The first-order valence-electron chi connectivity index (χ1n) is 9.58. The van der Waals surface area contributed by atoms with Crippen LogP contribution in [-0.4, -0.2) is 35.7 Å². The van der Waals surface area contributed by atoms with Crippen LogP contribution in [0.1, 0.15) is 18.5 Å². The number of nitrogens with one attached hydrogen (secondary N) is 2. The Kier molecular flexibility index (Phi) is 4.55. The molecule has 30 heavy (non-hydrogen) atoms. The molecule has 0 amide bonds. The van der Waals surface area contributed by atoms with Gasteiger partial charge in [-0.15, -0.1) is 0 Å².